The summed E-state index contributed by atoms with van der Waals surface area (Å²) >= 11 is 0. The van der Waals surface area contributed by atoms with Gasteiger partial charge in [0.1, 0.15) is 5.69 Å². The third-order valence-corrected chi connectivity index (χ3v) is 5.28. The first-order chi connectivity index (χ1) is 13.5. The van der Waals surface area contributed by atoms with E-state index >= 15 is 0 Å². The standard InChI is InChI=1S/C22H24N4O2/c1-15(2)17-5-7-18(8-6-17)21-14-26(24-23-21)20-9-3-16(4-10-20)11-25-12-19(13-25)22(27)28/h3-10,14-15,19H,11-13H2,1-2H3,(H,27,28). The fraction of sp³-hybridized carbons (Fsp3) is 0.318. The van der Waals surface area contributed by atoms with Crippen molar-refractivity contribution in [1.82, 2.24) is 19.9 Å². The molecule has 2 heterocycles. The van der Waals surface area contributed by atoms with Gasteiger partial charge in [0.15, 0.2) is 0 Å². The molecule has 3 aromatic rings. The molecule has 0 radical (unpaired) electrons. The molecule has 28 heavy (non-hydrogen) atoms. The van der Waals surface area contributed by atoms with Crippen molar-refractivity contribution in [2.75, 3.05) is 13.1 Å². The molecular formula is C22H24N4O2. The summed E-state index contributed by atoms with van der Waals surface area (Å²) < 4.78 is 1.78. The molecule has 0 aliphatic carbocycles. The van der Waals surface area contributed by atoms with E-state index in [0.29, 0.717) is 19.0 Å². The van der Waals surface area contributed by atoms with E-state index in [2.05, 4.69) is 65.5 Å². The summed E-state index contributed by atoms with van der Waals surface area (Å²) in [7, 11) is 0. The Bertz CT molecular complexity index is 955. The van der Waals surface area contributed by atoms with E-state index in [1.807, 2.05) is 18.3 Å². The molecule has 1 aliphatic rings. The van der Waals surface area contributed by atoms with E-state index in [9.17, 15) is 4.79 Å². The highest BCUT2D eigenvalue weighted by Crippen LogP contribution is 2.22. The normalized spacial score (nSPS) is 15.0. The number of rotatable bonds is 6. The van der Waals surface area contributed by atoms with E-state index in [1.54, 1.807) is 4.68 Å². The molecule has 1 aromatic heterocycles. The van der Waals surface area contributed by atoms with Crippen LogP contribution in [0.4, 0.5) is 0 Å². The Hall–Kier alpha value is -2.99. The van der Waals surface area contributed by atoms with Crippen LogP contribution in [0.15, 0.2) is 54.7 Å². The number of hydrogen-bond donors (Lipinski definition) is 1. The molecule has 144 valence electrons. The molecule has 1 fully saturated rings. The topological polar surface area (TPSA) is 71.2 Å². The summed E-state index contributed by atoms with van der Waals surface area (Å²) in [5.74, 6) is -0.413. The predicted molar refractivity (Wildman–Crippen MR) is 107 cm³/mol. The van der Waals surface area contributed by atoms with Crippen molar-refractivity contribution in [2.45, 2.75) is 26.3 Å². The first-order valence-electron chi connectivity index (χ1n) is 9.57. The lowest BCUT2D eigenvalue weighted by molar-refractivity contribution is -0.147. The van der Waals surface area contributed by atoms with Gasteiger partial charge in [0.05, 0.1) is 17.8 Å². The Morgan fingerprint density at radius 2 is 1.79 bits per heavy atom. The fourth-order valence-electron chi connectivity index (χ4n) is 3.43. The highest BCUT2D eigenvalue weighted by Gasteiger charge is 2.32. The molecule has 0 unspecified atom stereocenters. The van der Waals surface area contributed by atoms with E-state index in [1.165, 1.54) is 5.56 Å². The minimum Gasteiger partial charge on any atom is -0.481 e. The monoisotopic (exact) mass is 376 g/mol. The minimum absolute atomic E-state index is 0.220. The Morgan fingerprint density at radius 1 is 1.11 bits per heavy atom. The van der Waals surface area contributed by atoms with Gasteiger partial charge in [-0.15, -0.1) is 5.10 Å². The number of carbonyl (C=O) groups is 1. The molecule has 4 rings (SSSR count). The molecule has 1 aliphatic heterocycles. The van der Waals surface area contributed by atoms with Gasteiger partial charge in [-0.3, -0.25) is 9.69 Å². The molecule has 0 bridgehead atoms. The second kappa shape index (κ2) is 7.56. The lowest BCUT2D eigenvalue weighted by Gasteiger charge is -2.36. The molecule has 1 N–H and O–H groups in total. The van der Waals surface area contributed by atoms with Gasteiger partial charge < -0.3 is 5.11 Å². The van der Waals surface area contributed by atoms with E-state index in [4.69, 9.17) is 5.11 Å². The van der Waals surface area contributed by atoms with Gasteiger partial charge in [-0.25, -0.2) is 4.68 Å². The van der Waals surface area contributed by atoms with Crippen LogP contribution in [0.25, 0.3) is 16.9 Å². The molecule has 0 atom stereocenters. The zero-order valence-corrected chi connectivity index (χ0v) is 16.1. The van der Waals surface area contributed by atoms with Crippen LogP contribution in [0.5, 0.6) is 0 Å². The van der Waals surface area contributed by atoms with Crippen LogP contribution in [-0.2, 0) is 11.3 Å². The van der Waals surface area contributed by atoms with Crippen molar-refractivity contribution < 1.29 is 9.90 Å². The van der Waals surface area contributed by atoms with E-state index in [-0.39, 0.29) is 5.92 Å². The first kappa shape index (κ1) is 18.4. The zero-order valence-electron chi connectivity index (χ0n) is 16.1. The molecule has 6 heteroatoms. The number of aromatic nitrogens is 3. The summed E-state index contributed by atoms with van der Waals surface area (Å²) in [4.78, 5) is 13.0. The SMILES string of the molecule is CC(C)c1ccc(-c2cn(-c3ccc(CN4CC(C(=O)O)C4)cc3)nn2)cc1. The highest BCUT2D eigenvalue weighted by atomic mass is 16.4. The maximum Gasteiger partial charge on any atom is 0.309 e. The molecule has 0 spiro atoms. The average Bonchev–Trinajstić information content (AvgIpc) is 3.14. The fourth-order valence-corrected chi connectivity index (χ4v) is 3.43. The number of likely N-dealkylation sites (tertiary alicyclic amines) is 1. The Morgan fingerprint density at radius 3 is 2.39 bits per heavy atom. The molecule has 2 aromatic carbocycles. The van der Waals surface area contributed by atoms with Crippen LogP contribution >= 0.6 is 0 Å². The second-order valence-electron chi connectivity index (χ2n) is 7.72. The smallest absolute Gasteiger partial charge is 0.309 e. The summed E-state index contributed by atoms with van der Waals surface area (Å²) in [5, 5.41) is 17.5. The van der Waals surface area contributed by atoms with Crippen molar-refractivity contribution >= 4 is 5.97 Å². The van der Waals surface area contributed by atoms with Crippen LogP contribution in [0.2, 0.25) is 0 Å². The zero-order chi connectivity index (χ0) is 19.7. The number of carboxylic acid groups (broad SMARTS) is 1. The van der Waals surface area contributed by atoms with Gasteiger partial charge in [0.2, 0.25) is 0 Å². The van der Waals surface area contributed by atoms with Gasteiger partial charge in [-0.2, -0.15) is 0 Å². The number of benzene rings is 2. The number of carboxylic acids is 1. The van der Waals surface area contributed by atoms with Gasteiger partial charge in [0.25, 0.3) is 0 Å². The van der Waals surface area contributed by atoms with Crippen molar-refractivity contribution in [2.24, 2.45) is 5.92 Å². The van der Waals surface area contributed by atoms with Crippen molar-refractivity contribution in [3.63, 3.8) is 0 Å². The highest BCUT2D eigenvalue weighted by molar-refractivity contribution is 5.71. The quantitative estimate of drug-likeness (QED) is 0.712. The average molecular weight is 376 g/mol. The molecule has 6 nitrogen and oxygen atoms in total. The van der Waals surface area contributed by atoms with E-state index < -0.39 is 5.97 Å². The molecule has 1 saturated heterocycles. The number of aliphatic carboxylic acids is 1. The largest absolute Gasteiger partial charge is 0.481 e. The van der Waals surface area contributed by atoms with Crippen LogP contribution in [0.1, 0.15) is 30.9 Å². The van der Waals surface area contributed by atoms with Gasteiger partial charge in [-0.05, 0) is 29.2 Å². The van der Waals surface area contributed by atoms with Gasteiger partial charge in [0, 0.05) is 25.2 Å². The minimum atomic E-state index is -0.701. The van der Waals surface area contributed by atoms with Gasteiger partial charge >= 0.3 is 5.97 Å². The van der Waals surface area contributed by atoms with Crippen molar-refractivity contribution in [1.29, 1.82) is 0 Å². The van der Waals surface area contributed by atoms with Crippen LogP contribution in [-0.4, -0.2) is 44.1 Å². The van der Waals surface area contributed by atoms with E-state index in [0.717, 1.165) is 29.1 Å². The molecule has 0 saturated carbocycles. The third kappa shape index (κ3) is 3.82. The maximum absolute atomic E-state index is 10.9. The number of hydrogen-bond acceptors (Lipinski definition) is 4. The lowest BCUT2D eigenvalue weighted by atomic mass is 9.99. The first-order valence-corrected chi connectivity index (χ1v) is 9.57. The third-order valence-electron chi connectivity index (χ3n) is 5.28. The second-order valence-corrected chi connectivity index (χ2v) is 7.72. The van der Waals surface area contributed by atoms with Gasteiger partial charge in [-0.1, -0.05) is 55.5 Å². The molecule has 0 amide bonds. The van der Waals surface area contributed by atoms with Crippen molar-refractivity contribution in [3.8, 4) is 16.9 Å². The number of nitrogens with zero attached hydrogens (tertiary/aromatic N) is 4. The van der Waals surface area contributed by atoms with Crippen LogP contribution < -0.4 is 0 Å². The lowest BCUT2D eigenvalue weighted by Crippen LogP contribution is -2.49. The Balaban J connectivity index is 1.42. The maximum atomic E-state index is 10.9. The van der Waals surface area contributed by atoms with Crippen LogP contribution in [0.3, 0.4) is 0 Å². The summed E-state index contributed by atoms with van der Waals surface area (Å²) in [6.45, 7) is 6.38. The van der Waals surface area contributed by atoms with Crippen molar-refractivity contribution in [3.05, 3.63) is 65.9 Å². The van der Waals surface area contributed by atoms with Crippen LogP contribution in [0, 0.1) is 5.92 Å². The summed E-state index contributed by atoms with van der Waals surface area (Å²) in [6, 6.07) is 16.6. The summed E-state index contributed by atoms with van der Waals surface area (Å²) in [5.41, 5.74) is 5.33. The Labute approximate surface area is 164 Å². The summed E-state index contributed by atoms with van der Waals surface area (Å²) in [6.07, 6.45) is 1.94. The molecular weight excluding hydrogens is 352 g/mol. The Kier molecular flexibility index (Phi) is 4.96. The predicted octanol–water partition coefficient (Wildman–Crippen LogP) is 3.57.